The number of aromatic amines is 1. The quantitative estimate of drug-likeness (QED) is 0.716. The lowest BCUT2D eigenvalue weighted by Gasteiger charge is -2.32. The van der Waals surface area contributed by atoms with Gasteiger partial charge in [0.15, 0.2) is 0 Å². The Morgan fingerprint density at radius 2 is 2.32 bits per heavy atom. The SMILES string of the molecule is O=C(N[C@@H]1COCC[C@@H]1OCc1cscn1)c1ccc2n[nH]nc2c1. The van der Waals surface area contributed by atoms with Crippen LogP contribution in [0.1, 0.15) is 22.5 Å². The lowest BCUT2D eigenvalue weighted by molar-refractivity contribution is -0.0611. The Labute approximate surface area is 147 Å². The van der Waals surface area contributed by atoms with Crippen molar-refractivity contribution in [2.24, 2.45) is 0 Å². The summed E-state index contributed by atoms with van der Waals surface area (Å²) in [6, 6.07) is 5.01. The third-order valence-electron chi connectivity index (χ3n) is 4.12. The lowest BCUT2D eigenvalue weighted by Crippen LogP contribution is -2.50. The predicted molar refractivity (Wildman–Crippen MR) is 91.3 cm³/mol. The minimum Gasteiger partial charge on any atom is -0.379 e. The molecule has 0 saturated carbocycles. The zero-order valence-corrected chi connectivity index (χ0v) is 14.2. The van der Waals surface area contributed by atoms with Gasteiger partial charge in [-0.3, -0.25) is 4.79 Å². The third kappa shape index (κ3) is 3.68. The van der Waals surface area contributed by atoms with E-state index in [2.05, 4.69) is 25.7 Å². The van der Waals surface area contributed by atoms with Crippen molar-refractivity contribution in [2.75, 3.05) is 13.2 Å². The normalized spacial score (nSPS) is 20.6. The van der Waals surface area contributed by atoms with Crippen LogP contribution in [0.4, 0.5) is 0 Å². The van der Waals surface area contributed by atoms with Crippen LogP contribution in [0.2, 0.25) is 0 Å². The van der Waals surface area contributed by atoms with Gasteiger partial charge in [-0.1, -0.05) is 0 Å². The van der Waals surface area contributed by atoms with Gasteiger partial charge >= 0.3 is 0 Å². The summed E-state index contributed by atoms with van der Waals surface area (Å²) in [6.07, 6.45) is 0.632. The van der Waals surface area contributed by atoms with Crippen LogP contribution < -0.4 is 5.32 Å². The molecule has 0 radical (unpaired) electrons. The number of thiazole rings is 1. The number of benzene rings is 1. The first-order valence-electron chi connectivity index (χ1n) is 7.97. The number of carbonyl (C=O) groups is 1. The summed E-state index contributed by atoms with van der Waals surface area (Å²) in [7, 11) is 0. The average Bonchev–Trinajstić information content (AvgIpc) is 3.31. The van der Waals surface area contributed by atoms with Gasteiger partial charge in [0.05, 0.1) is 36.6 Å². The van der Waals surface area contributed by atoms with E-state index < -0.39 is 0 Å². The maximum absolute atomic E-state index is 12.6. The maximum Gasteiger partial charge on any atom is 0.251 e. The number of fused-ring (bicyclic) bond motifs is 1. The average molecular weight is 359 g/mol. The summed E-state index contributed by atoms with van der Waals surface area (Å²) in [5.41, 5.74) is 4.59. The molecule has 0 aliphatic carbocycles. The van der Waals surface area contributed by atoms with Gasteiger partial charge in [0.1, 0.15) is 11.0 Å². The van der Waals surface area contributed by atoms with E-state index in [0.717, 1.165) is 17.6 Å². The highest BCUT2D eigenvalue weighted by Crippen LogP contribution is 2.16. The fourth-order valence-electron chi connectivity index (χ4n) is 2.79. The monoisotopic (exact) mass is 359 g/mol. The van der Waals surface area contributed by atoms with Crippen molar-refractivity contribution >= 4 is 28.3 Å². The molecule has 0 bridgehead atoms. The van der Waals surface area contributed by atoms with E-state index in [4.69, 9.17) is 9.47 Å². The van der Waals surface area contributed by atoms with E-state index in [-0.39, 0.29) is 18.1 Å². The lowest BCUT2D eigenvalue weighted by atomic mass is 10.1. The van der Waals surface area contributed by atoms with Gasteiger partial charge < -0.3 is 14.8 Å². The Morgan fingerprint density at radius 1 is 1.40 bits per heavy atom. The highest BCUT2D eigenvalue weighted by molar-refractivity contribution is 7.07. The molecule has 3 heterocycles. The molecule has 0 unspecified atom stereocenters. The first kappa shape index (κ1) is 16.1. The van der Waals surface area contributed by atoms with E-state index >= 15 is 0 Å². The molecular formula is C16H17N5O3S. The molecule has 1 aromatic carbocycles. The van der Waals surface area contributed by atoms with Crippen LogP contribution >= 0.6 is 11.3 Å². The Balaban J connectivity index is 1.42. The summed E-state index contributed by atoms with van der Waals surface area (Å²) in [5.74, 6) is -0.178. The molecule has 8 nitrogen and oxygen atoms in total. The first-order valence-corrected chi connectivity index (χ1v) is 8.92. The maximum atomic E-state index is 12.6. The minimum absolute atomic E-state index is 0.102. The van der Waals surface area contributed by atoms with E-state index in [1.165, 1.54) is 11.3 Å². The molecule has 2 atom stereocenters. The van der Waals surface area contributed by atoms with Crippen LogP contribution in [0, 0.1) is 0 Å². The van der Waals surface area contributed by atoms with Gasteiger partial charge in [-0.25, -0.2) is 4.98 Å². The van der Waals surface area contributed by atoms with Gasteiger partial charge in [-0.15, -0.1) is 11.3 Å². The second-order valence-electron chi connectivity index (χ2n) is 5.80. The topological polar surface area (TPSA) is 102 Å². The molecule has 1 fully saturated rings. The summed E-state index contributed by atoms with van der Waals surface area (Å²) >= 11 is 1.54. The molecule has 2 aromatic heterocycles. The number of ether oxygens (including phenoxy) is 2. The summed E-state index contributed by atoms with van der Waals surface area (Å²) < 4.78 is 11.5. The van der Waals surface area contributed by atoms with Crippen LogP contribution in [-0.2, 0) is 16.1 Å². The Hall–Kier alpha value is -2.36. The second kappa shape index (κ2) is 7.26. The van der Waals surface area contributed by atoms with E-state index in [9.17, 15) is 4.79 Å². The smallest absolute Gasteiger partial charge is 0.251 e. The molecule has 2 N–H and O–H groups in total. The summed E-state index contributed by atoms with van der Waals surface area (Å²) in [5, 5.41) is 15.5. The number of nitrogens with one attached hydrogen (secondary N) is 2. The standard InChI is InChI=1S/C16H17N5O3S/c22-16(10-1-2-12-13(5-10)20-21-19-12)18-14-7-23-4-3-15(14)24-6-11-8-25-9-17-11/h1-2,5,8-9,14-15H,3-4,6-7H2,(H,18,22)(H,19,20,21)/t14-,15+/m1/s1. The van der Waals surface area contributed by atoms with Gasteiger partial charge in [0.25, 0.3) is 5.91 Å². The fraction of sp³-hybridized carbons (Fsp3) is 0.375. The Kier molecular flexibility index (Phi) is 4.68. The zero-order valence-electron chi connectivity index (χ0n) is 13.3. The van der Waals surface area contributed by atoms with Crippen LogP contribution in [0.15, 0.2) is 29.1 Å². The molecule has 0 spiro atoms. The van der Waals surface area contributed by atoms with Gasteiger partial charge in [-0.05, 0) is 24.6 Å². The second-order valence-corrected chi connectivity index (χ2v) is 6.52. The van der Waals surface area contributed by atoms with E-state index in [1.54, 1.807) is 23.7 Å². The molecule has 4 rings (SSSR count). The summed E-state index contributed by atoms with van der Waals surface area (Å²) in [4.78, 5) is 16.8. The molecule has 1 aliphatic rings. The van der Waals surface area contributed by atoms with Crippen molar-refractivity contribution in [1.29, 1.82) is 0 Å². The van der Waals surface area contributed by atoms with Crippen LogP contribution in [0.5, 0.6) is 0 Å². The Morgan fingerprint density at radius 3 is 3.20 bits per heavy atom. The molecule has 1 amide bonds. The molecular weight excluding hydrogens is 342 g/mol. The third-order valence-corrected chi connectivity index (χ3v) is 4.75. The number of hydrogen-bond donors (Lipinski definition) is 2. The van der Waals surface area contributed by atoms with Crippen LogP contribution in [0.25, 0.3) is 11.0 Å². The number of carbonyl (C=O) groups excluding carboxylic acids is 1. The van der Waals surface area contributed by atoms with Gasteiger partial charge in [0, 0.05) is 17.6 Å². The van der Waals surface area contributed by atoms with E-state index in [1.807, 2.05) is 5.38 Å². The first-order chi connectivity index (χ1) is 12.3. The van der Waals surface area contributed by atoms with Crippen molar-refractivity contribution in [3.63, 3.8) is 0 Å². The molecule has 1 saturated heterocycles. The number of amides is 1. The number of rotatable bonds is 5. The number of nitrogens with zero attached hydrogens (tertiary/aromatic N) is 3. The predicted octanol–water partition coefficient (Wildman–Crippen LogP) is 1.52. The highest BCUT2D eigenvalue weighted by atomic mass is 32.1. The van der Waals surface area contributed by atoms with Gasteiger partial charge in [-0.2, -0.15) is 15.4 Å². The van der Waals surface area contributed by atoms with Crippen molar-refractivity contribution in [1.82, 2.24) is 25.7 Å². The van der Waals surface area contributed by atoms with Crippen molar-refractivity contribution in [3.8, 4) is 0 Å². The van der Waals surface area contributed by atoms with Crippen LogP contribution in [0.3, 0.4) is 0 Å². The van der Waals surface area contributed by atoms with Crippen molar-refractivity contribution in [3.05, 3.63) is 40.3 Å². The number of H-pyrrole nitrogens is 1. The molecule has 9 heteroatoms. The molecule has 25 heavy (non-hydrogen) atoms. The van der Waals surface area contributed by atoms with Crippen molar-refractivity contribution < 1.29 is 14.3 Å². The van der Waals surface area contributed by atoms with Gasteiger partial charge in [0.2, 0.25) is 0 Å². The molecule has 3 aromatic rings. The Bertz CT molecular complexity index is 850. The minimum atomic E-state index is -0.201. The summed E-state index contributed by atoms with van der Waals surface area (Å²) in [6.45, 7) is 1.49. The van der Waals surface area contributed by atoms with E-state index in [0.29, 0.717) is 30.9 Å². The fourth-order valence-corrected chi connectivity index (χ4v) is 3.33. The highest BCUT2D eigenvalue weighted by Gasteiger charge is 2.28. The zero-order chi connectivity index (χ0) is 17.1. The number of aromatic nitrogens is 4. The molecule has 130 valence electrons. The number of hydrogen-bond acceptors (Lipinski definition) is 7. The van der Waals surface area contributed by atoms with Crippen molar-refractivity contribution in [2.45, 2.75) is 25.2 Å². The largest absolute Gasteiger partial charge is 0.379 e. The molecule has 1 aliphatic heterocycles. The van der Waals surface area contributed by atoms with Crippen LogP contribution in [-0.4, -0.2) is 51.7 Å².